The number of rotatable bonds is 4. The highest BCUT2D eigenvalue weighted by Crippen LogP contribution is 2.31. The number of hydrogen-bond acceptors (Lipinski definition) is 4. The zero-order valence-electron chi connectivity index (χ0n) is 16.6. The van der Waals surface area contributed by atoms with Gasteiger partial charge in [-0.3, -0.25) is 14.4 Å². The number of hydrogen-bond donors (Lipinski definition) is 1. The fourth-order valence-electron chi connectivity index (χ4n) is 4.13. The zero-order chi connectivity index (χ0) is 22.2. The first-order chi connectivity index (χ1) is 14.6. The van der Waals surface area contributed by atoms with Crippen molar-refractivity contribution in [2.75, 3.05) is 30.9 Å². The summed E-state index contributed by atoms with van der Waals surface area (Å²) in [7, 11) is -4.17. The largest absolute Gasteiger partial charge is 0.416 e. The van der Waals surface area contributed by atoms with E-state index in [1.807, 2.05) is 0 Å². The van der Waals surface area contributed by atoms with Gasteiger partial charge < -0.3 is 4.90 Å². The fraction of sp³-hybridized carbons (Fsp3) is 0.381. The molecule has 31 heavy (non-hydrogen) atoms. The number of alkyl halides is 3. The molecule has 6 nitrogen and oxygen atoms in total. The van der Waals surface area contributed by atoms with Crippen LogP contribution in [0.4, 0.5) is 18.9 Å². The van der Waals surface area contributed by atoms with Crippen LogP contribution in [0.2, 0.25) is 0 Å². The number of nitrogens with zero attached hydrogens (tertiary/aromatic N) is 2. The lowest BCUT2D eigenvalue weighted by atomic mass is 10.1. The van der Waals surface area contributed by atoms with Gasteiger partial charge in [0.2, 0.25) is 0 Å². The van der Waals surface area contributed by atoms with Crippen LogP contribution >= 0.6 is 0 Å². The van der Waals surface area contributed by atoms with Crippen LogP contribution in [-0.2, 0) is 16.2 Å². The van der Waals surface area contributed by atoms with Crippen molar-refractivity contribution in [1.82, 2.24) is 9.80 Å². The molecule has 2 heterocycles. The molecule has 1 atom stereocenters. The molecule has 1 amide bonds. The molecule has 2 fully saturated rings. The minimum Gasteiger partial charge on any atom is -0.336 e. The SMILES string of the molecule is O=C(c1cccc(S(=O)(=O)Nc2cccc(C(F)(F)F)c2)c1)N1CCN2CCCC2C1. The Morgan fingerprint density at radius 1 is 1.03 bits per heavy atom. The lowest BCUT2D eigenvalue weighted by Gasteiger charge is -2.37. The monoisotopic (exact) mass is 453 g/mol. The molecule has 2 aromatic carbocycles. The summed E-state index contributed by atoms with van der Waals surface area (Å²) in [4.78, 5) is 16.9. The second-order valence-electron chi connectivity index (χ2n) is 7.80. The Kier molecular flexibility index (Phi) is 5.69. The van der Waals surface area contributed by atoms with Gasteiger partial charge in [-0.25, -0.2) is 8.42 Å². The molecular formula is C21H22F3N3O3S. The van der Waals surface area contributed by atoms with E-state index in [2.05, 4.69) is 9.62 Å². The van der Waals surface area contributed by atoms with Gasteiger partial charge >= 0.3 is 6.18 Å². The topological polar surface area (TPSA) is 69.7 Å². The van der Waals surface area contributed by atoms with E-state index in [1.54, 1.807) is 11.0 Å². The minimum absolute atomic E-state index is 0.185. The molecule has 4 rings (SSSR count). The van der Waals surface area contributed by atoms with Gasteiger partial charge in [0.25, 0.3) is 15.9 Å². The molecule has 0 saturated carbocycles. The summed E-state index contributed by atoms with van der Waals surface area (Å²) in [6, 6.07) is 9.88. The maximum absolute atomic E-state index is 12.9. The van der Waals surface area contributed by atoms with Crippen LogP contribution in [0.5, 0.6) is 0 Å². The van der Waals surface area contributed by atoms with E-state index in [9.17, 15) is 26.4 Å². The van der Waals surface area contributed by atoms with Gasteiger partial charge in [-0.1, -0.05) is 12.1 Å². The van der Waals surface area contributed by atoms with Gasteiger partial charge in [0, 0.05) is 36.9 Å². The number of carbonyl (C=O) groups excluding carboxylic acids is 1. The average Bonchev–Trinajstić information content (AvgIpc) is 3.20. The predicted octanol–water partition coefficient (Wildman–Crippen LogP) is 3.43. The second-order valence-corrected chi connectivity index (χ2v) is 9.48. The normalized spacial score (nSPS) is 19.8. The maximum atomic E-state index is 12.9. The quantitative estimate of drug-likeness (QED) is 0.770. The van der Waals surface area contributed by atoms with Crippen molar-refractivity contribution in [1.29, 1.82) is 0 Å². The highest BCUT2D eigenvalue weighted by molar-refractivity contribution is 7.92. The Morgan fingerprint density at radius 2 is 1.81 bits per heavy atom. The molecule has 10 heteroatoms. The minimum atomic E-state index is -4.59. The number of halogens is 3. The second kappa shape index (κ2) is 8.16. The summed E-state index contributed by atoms with van der Waals surface area (Å²) in [5.74, 6) is -0.248. The highest BCUT2D eigenvalue weighted by atomic mass is 32.2. The van der Waals surface area contributed by atoms with Crippen LogP contribution in [0.25, 0.3) is 0 Å². The van der Waals surface area contributed by atoms with Gasteiger partial charge in [0.15, 0.2) is 0 Å². The van der Waals surface area contributed by atoms with Crippen molar-refractivity contribution >= 4 is 21.6 Å². The van der Waals surface area contributed by atoms with Gasteiger partial charge in [-0.05, 0) is 55.8 Å². The van der Waals surface area contributed by atoms with Gasteiger partial charge in [0.1, 0.15) is 0 Å². The Labute approximate surface area is 178 Å². The van der Waals surface area contributed by atoms with Crippen molar-refractivity contribution in [2.45, 2.75) is 30.0 Å². The molecule has 2 aromatic rings. The number of nitrogens with one attached hydrogen (secondary N) is 1. The summed E-state index contributed by atoms with van der Waals surface area (Å²) in [5, 5.41) is 0. The van der Waals surface area contributed by atoms with Gasteiger partial charge in [-0.2, -0.15) is 13.2 Å². The van der Waals surface area contributed by atoms with Crippen molar-refractivity contribution in [2.24, 2.45) is 0 Å². The van der Waals surface area contributed by atoms with Crippen LogP contribution in [0.3, 0.4) is 0 Å². The fourth-order valence-corrected chi connectivity index (χ4v) is 5.22. The molecule has 0 aromatic heterocycles. The highest BCUT2D eigenvalue weighted by Gasteiger charge is 2.33. The van der Waals surface area contributed by atoms with Crippen molar-refractivity contribution in [3.63, 3.8) is 0 Å². The molecule has 2 saturated heterocycles. The smallest absolute Gasteiger partial charge is 0.336 e. The molecule has 2 aliphatic rings. The van der Waals surface area contributed by atoms with Crippen LogP contribution in [0.15, 0.2) is 53.4 Å². The van der Waals surface area contributed by atoms with Crippen LogP contribution in [-0.4, -0.2) is 56.3 Å². The van der Waals surface area contributed by atoms with Crippen LogP contribution < -0.4 is 4.72 Å². The first-order valence-electron chi connectivity index (χ1n) is 9.97. The number of carbonyl (C=O) groups is 1. The van der Waals surface area contributed by atoms with E-state index in [-0.39, 0.29) is 22.1 Å². The van der Waals surface area contributed by atoms with Crippen molar-refractivity contribution in [3.05, 3.63) is 59.7 Å². The lowest BCUT2D eigenvalue weighted by molar-refractivity contribution is -0.137. The number of amides is 1. The number of piperazine rings is 1. The molecular weight excluding hydrogens is 431 g/mol. The maximum Gasteiger partial charge on any atom is 0.416 e. The summed E-state index contributed by atoms with van der Waals surface area (Å²) >= 11 is 0. The number of fused-ring (bicyclic) bond motifs is 1. The van der Waals surface area contributed by atoms with E-state index in [0.717, 1.165) is 44.1 Å². The van der Waals surface area contributed by atoms with E-state index in [4.69, 9.17) is 0 Å². The average molecular weight is 453 g/mol. The first kappa shape index (κ1) is 21.6. The Hall–Kier alpha value is -2.59. The Balaban J connectivity index is 1.52. The number of sulfonamides is 1. The van der Waals surface area contributed by atoms with Crippen LogP contribution in [0.1, 0.15) is 28.8 Å². The van der Waals surface area contributed by atoms with Gasteiger partial charge in [0.05, 0.1) is 10.5 Å². The third kappa shape index (κ3) is 4.69. The predicted molar refractivity (Wildman–Crippen MR) is 109 cm³/mol. The summed E-state index contributed by atoms with van der Waals surface area (Å²) < 4.78 is 66.3. The molecule has 1 N–H and O–H groups in total. The lowest BCUT2D eigenvalue weighted by Crippen LogP contribution is -2.52. The molecule has 0 spiro atoms. The summed E-state index contributed by atoms with van der Waals surface area (Å²) in [5.41, 5.74) is -0.926. The Morgan fingerprint density at radius 3 is 2.58 bits per heavy atom. The molecule has 0 bridgehead atoms. The third-order valence-electron chi connectivity index (χ3n) is 5.71. The van der Waals surface area contributed by atoms with Crippen LogP contribution in [0, 0.1) is 0 Å². The Bertz CT molecular complexity index is 1090. The molecule has 1 unspecified atom stereocenters. The number of anilines is 1. The summed E-state index contributed by atoms with van der Waals surface area (Å²) in [6.07, 6.45) is -2.43. The van der Waals surface area contributed by atoms with E-state index >= 15 is 0 Å². The first-order valence-corrected chi connectivity index (χ1v) is 11.5. The molecule has 0 radical (unpaired) electrons. The van der Waals surface area contributed by atoms with Crippen molar-refractivity contribution < 1.29 is 26.4 Å². The third-order valence-corrected chi connectivity index (χ3v) is 7.09. The van der Waals surface area contributed by atoms with Gasteiger partial charge in [-0.15, -0.1) is 0 Å². The molecule has 166 valence electrons. The summed E-state index contributed by atoms with van der Waals surface area (Å²) in [6.45, 7) is 3.03. The molecule has 2 aliphatic heterocycles. The van der Waals surface area contributed by atoms with E-state index in [1.165, 1.54) is 24.3 Å². The van der Waals surface area contributed by atoms with E-state index in [0.29, 0.717) is 19.1 Å². The zero-order valence-corrected chi connectivity index (χ0v) is 17.4. The standard InChI is InChI=1S/C21H22F3N3O3S/c22-21(23,24)16-5-2-6-17(13-16)25-31(29,30)19-8-1-4-15(12-19)20(28)27-11-10-26-9-3-7-18(26)14-27/h1-2,4-6,8,12-13,18,25H,3,7,9-11,14H2. The number of benzene rings is 2. The van der Waals surface area contributed by atoms with Crippen molar-refractivity contribution in [3.8, 4) is 0 Å². The van der Waals surface area contributed by atoms with E-state index < -0.39 is 21.8 Å². The molecule has 0 aliphatic carbocycles.